The minimum atomic E-state index is 0. The highest BCUT2D eigenvalue weighted by Crippen LogP contribution is 2.19. The van der Waals surface area contributed by atoms with Crippen molar-refractivity contribution < 1.29 is 4.42 Å². The van der Waals surface area contributed by atoms with Gasteiger partial charge in [0.1, 0.15) is 6.26 Å². The molecular formula is C19H27IN4O. The number of nitrogens with zero attached hydrogens (tertiary/aromatic N) is 3. The molecule has 2 heterocycles. The van der Waals surface area contributed by atoms with Crippen molar-refractivity contribution >= 4 is 29.9 Å². The average Bonchev–Trinajstić information content (AvgIpc) is 3.27. The highest BCUT2D eigenvalue weighted by Gasteiger charge is 2.15. The number of aromatic nitrogens is 1. The van der Waals surface area contributed by atoms with Gasteiger partial charge in [-0.25, -0.2) is 4.98 Å². The number of rotatable bonds is 5. The highest BCUT2D eigenvalue weighted by atomic mass is 127. The largest absolute Gasteiger partial charge is 0.444 e. The van der Waals surface area contributed by atoms with E-state index in [2.05, 4.69) is 41.2 Å². The Labute approximate surface area is 166 Å². The van der Waals surface area contributed by atoms with Gasteiger partial charge in [0.15, 0.2) is 5.96 Å². The summed E-state index contributed by atoms with van der Waals surface area (Å²) in [4.78, 5) is 11.7. The van der Waals surface area contributed by atoms with Crippen molar-refractivity contribution in [3.63, 3.8) is 0 Å². The molecule has 0 radical (unpaired) electrons. The van der Waals surface area contributed by atoms with Crippen molar-refractivity contribution in [2.45, 2.75) is 33.1 Å². The predicted molar refractivity (Wildman–Crippen MR) is 113 cm³/mol. The van der Waals surface area contributed by atoms with E-state index in [4.69, 9.17) is 9.41 Å². The molecule has 1 saturated heterocycles. The van der Waals surface area contributed by atoms with Crippen molar-refractivity contribution in [3.05, 3.63) is 41.8 Å². The molecule has 0 atom stereocenters. The molecule has 1 aliphatic rings. The molecule has 5 nitrogen and oxygen atoms in total. The van der Waals surface area contributed by atoms with Crippen molar-refractivity contribution in [2.75, 3.05) is 26.2 Å². The molecule has 136 valence electrons. The number of likely N-dealkylation sites (tertiary alicyclic amines) is 1. The SMILES string of the molecule is CCNC(=NCCc1coc(-c2ccc(C)cc2)n1)N1CCCC1.I. The predicted octanol–water partition coefficient (Wildman–Crippen LogP) is 3.87. The van der Waals surface area contributed by atoms with Crippen molar-refractivity contribution in [1.29, 1.82) is 0 Å². The third-order valence-electron chi connectivity index (χ3n) is 4.22. The van der Waals surface area contributed by atoms with E-state index in [1.54, 1.807) is 6.26 Å². The van der Waals surface area contributed by atoms with Crippen LogP contribution in [0.3, 0.4) is 0 Å². The lowest BCUT2D eigenvalue weighted by Crippen LogP contribution is -2.39. The van der Waals surface area contributed by atoms with Crippen LogP contribution in [0.5, 0.6) is 0 Å². The van der Waals surface area contributed by atoms with Gasteiger partial charge in [-0.3, -0.25) is 4.99 Å². The van der Waals surface area contributed by atoms with E-state index < -0.39 is 0 Å². The number of hydrogen-bond acceptors (Lipinski definition) is 3. The molecule has 1 aromatic heterocycles. The Kier molecular flexibility index (Phi) is 7.74. The van der Waals surface area contributed by atoms with Gasteiger partial charge in [0.05, 0.1) is 5.69 Å². The van der Waals surface area contributed by atoms with Crippen molar-refractivity contribution in [1.82, 2.24) is 15.2 Å². The molecule has 6 heteroatoms. The van der Waals surface area contributed by atoms with E-state index in [0.29, 0.717) is 5.89 Å². The summed E-state index contributed by atoms with van der Waals surface area (Å²) in [7, 11) is 0. The third kappa shape index (κ3) is 5.45. The van der Waals surface area contributed by atoms with E-state index in [1.165, 1.54) is 18.4 Å². The molecule has 25 heavy (non-hydrogen) atoms. The maximum Gasteiger partial charge on any atom is 0.226 e. The summed E-state index contributed by atoms with van der Waals surface area (Å²) >= 11 is 0. The molecule has 1 N–H and O–H groups in total. The molecule has 0 unspecified atom stereocenters. The molecule has 3 rings (SSSR count). The Morgan fingerprint density at radius 2 is 1.96 bits per heavy atom. The number of oxazole rings is 1. The van der Waals surface area contributed by atoms with E-state index in [0.717, 1.165) is 49.8 Å². The van der Waals surface area contributed by atoms with Gasteiger partial charge in [0.2, 0.25) is 5.89 Å². The minimum Gasteiger partial charge on any atom is -0.444 e. The molecule has 1 aliphatic heterocycles. The van der Waals surface area contributed by atoms with Crippen molar-refractivity contribution in [3.8, 4) is 11.5 Å². The standard InChI is InChI=1S/C19H26N4O.HI/c1-3-20-19(23-12-4-5-13-23)21-11-10-17-14-24-18(22-17)16-8-6-15(2)7-9-16;/h6-9,14H,3-5,10-13H2,1-2H3,(H,20,21);1H. The summed E-state index contributed by atoms with van der Waals surface area (Å²) in [5.74, 6) is 1.71. The molecular weight excluding hydrogens is 427 g/mol. The van der Waals surface area contributed by atoms with Crippen LogP contribution in [-0.2, 0) is 6.42 Å². The lowest BCUT2D eigenvalue weighted by molar-refractivity contribution is 0.494. The number of hydrogen-bond donors (Lipinski definition) is 1. The smallest absolute Gasteiger partial charge is 0.226 e. The molecule has 0 aliphatic carbocycles. The van der Waals surface area contributed by atoms with Crippen LogP contribution >= 0.6 is 24.0 Å². The van der Waals surface area contributed by atoms with Crippen LogP contribution < -0.4 is 5.32 Å². The zero-order valence-electron chi connectivity index (χ0n) is 15.0. The van der Waals surface area contributed by atoms with Crippen LogP contribution in [0, 0.1) is 6.92 Å². The second kappa shape index (κ2) is 9.79. The summed E-state index contributed by atoms with van der Waals surface area (Å²) in [6, 6.07) is 8.23. The third-order valence-corrected chi connectivity index (χ3v) is 4.22. The quantitative estimate of drug-likeness (QED) is 0.424. The zero-order valence-corrected chi connectivity index (χ0v) is 17.3. The summed E-state index contributed by atoms with van der Waals surface area (Å²) < 4.78 is 5.61. The fourth-order valence-electron chi connectivity index (χ4n) is 2.88. The molecule has 0 bridgehead atoms. The lowest BCUT2D eigenvalue weighted by atomic mass is 10.1. The number of nitrogens with one attached hydrogen (secondary N) is 1. The first-order chi connectivity index (χ1) is 11.8. The first-order valence-electron chi connectivity index (χ1n) is 8.81. The highest BCUT2D eigenvalue weighted by molar-refractivity contribution is 14.0. The summed E-state index contributed by atoms with van der Waals surface area (Å²) in [6.45, 7) is 8.01. The maximum atomic E-state index is 5.61. The number of guanidine groups is 1. The lowest BCUT2D eigenvalue weighted by Gasteiger charge is -2.20. The monoisotopic (exact) mass is 454 g/mol. The molecule has 1 aromatic carbocycles. The van der Waals surface area contributed by atoms with Crippen LogP contribution in [0.2, 0.25) is 0 Å². The van der Waals surface area contributed by atoms with Gasteiger partial charge in [-0.1, -0.05) is 17.7 Å². The van der Waals surface area contributed by atoms with Gasteiger partial charge >= 0.3 is 0 Å². The van der Waals surface area contributed by atoms with E-state index in [-0.39, 0.29) is 24.0 Å². The van der Waals surface area contributed by atoms with Gasteiger partial charge < -0.3 is 14.6 Å². The summed E-state index contributed by atoms with van der Waals surface area (Å²) in [5, 5.41) is 3.38. The van der Waals surface area contributed by atoms with Gasteiger partial charge in [0.25, 0.3) is 0 Å². The number of halogens is 1. The van der Waals surface area contributed by atoms with Crippen LogP contribution in [0.1, 0.15) is 31.0 Å². The number of aliphatic imine (C=N–C) groups is 1. The Morgan fingerprint density at radius 1 is 1.24 bits per heavy atom. The van der Waals surface area contributed by atoms with E-state index in [1.807, 2.05) is 12.1 Å². The topological polar surface area (TPSA) is 53.7 Å². The Bertz CT molecular complexity index is 675. The first-order valence-corrected chi connectivity index (χ1v) is 8.81. The van der Waals surface area contributed by atoms with E-state index in [9.17, 15) is 0 Å². The molecule has 0 amide bonds. The number of benzene rings is 1. The van der Waals surface area contributed by atoms with Gasteiger partial charge in [0, 0.05) is 38.2 Å². The Hall–Kier alpha value is -1.57. The zero-order chi connectivity index (χ0) is 16.8. The Morgan fingerprint density at radius 3 is 2.64 bits per heavy atom. The Balaban J connectivity index is 0.00000225. The second-order valence-electron chi connectivity index (χ2n) is 6.19. The average molecular weight is 454 g/mol. The van der Waals surface area contributed by atoms with Crippen LogP contribution in [-0.4, -0.2) is 42.0 Å². The van der Waals surface area contributed by atoms with Gasteiger partial charge in [-0.15, -0.1) is 24.0 Å². The maximum absolute atomic E-state index is 5.61. The molecule has 1 fully saturated rings. The van der Waals surface area contributed by atoms with Gasteiger partial charge in [-0.2, -0.15) is 0 Å². The summed E-state index contributed by atoms with van der Waals surface area (Å²) in [6.07, 6.45) is 5.05. The second-order valence-corrected chi connectivity index (χ2v) is 6.19. The molecule has 0 spiro atoms. The molecule has 0 saturated carbocycles. The first kappa shape index (κ1) is 19.8. The fraction of sp³-hybridized carbons (Fsp3) is 0.474. The summed E-state index contributed by atoms with van der Waals surface area (Å²) in [5.41, 5.74) is 3.20. The van der Waals surface area contributed by atoms with E-state index >= 15 is 0 Å². The van der Waals surface area contributed by atoms with Crippen LogP contribution in [0.4, 0.5) is 0 Å². The van der Waals surface area contributed by atoms with Gasteiger partial charge in [-0.05, 0) is 38.8 Å². The number of aryl methyl sites for hydroxylation is 1. The molecule has 2 aromatic rings. The minimum absolute atomic E-state index is 0. The van der Waals surface area contributed by atoms with Crippen LogP contribution in [0.25, 0.3) is 11.5 Å². The van der Waals surface area contributed by atoms with Crippen LogP contribution in [0.15, 0.2) is 39.9 Å². The fourth-order valence-corrected chi connectivity index (χ4v) is 2.88. The van der Waals surface area contributed by atoms with Crippen molar-refractivity contribution in [2.24, 2.45) is 4.99 Å². The normalized spacial score (nSPS) is 14.5.